The van der Waals surface area contributed by atoms with Crippen molar-refractivity contribution in [1.29, 1.82) is 5.26 Å². The topological polar surface area (TPSA) is 52.4 Å². The summed E-state index contributed by atoms with van der Waals surface area (Å²) in [4.78, 5) is 9.66. The van der Waals surface area contributed by atoms with Crippen LogP contribution in [0.3, 0.4) is 0 Å². The molecule has 3 rings (SSSR count). The minimum Gasteiger partial charge on any atom is -0.497 e. The molecular weight excluding hydrogens is 348 g/mol. The molecule has 1 atom stereocenters. The number of ether oxygens (including phenoxy) is 1. The second kappa shape index (κ2) is 8.62. The first kappa shape index (κ1) is 20.2. The summed E-state index contributed by atoms with van der Waals surface area (Å²) in [5, 5.41) is 9.62. The molecule has 0 spiro atoms. The first-order chi connectivity index (χ1) is 13.4. The van der Waals surface area contributed by atoms with Gasteiger partial charge in [-0.3, -0.25) is 4.90 Å². The van der Waals surface area contributed by atoms with Crippen LogP contribution < -0.4 is 9.64 Å². The monoisotopic (exact) mass is 378 g/mol. The molecule has 2 heterocycles. The van der Waals surface area contributed by atoms with E-state index in [9.17, 15) is 5.26 Å². The fraction of sp³-hybridized carbons (Fsp3) is 0.478. The van der Waals surface area contributed by atoms with Crippen molar-refractivity contribution in [2.75, 3.05) is 31.6 Å². The molecule has 1 aliphatic heterocycles. The van der Waals surface area contributed by atoms with E-state index in [0.717, 1.165) is 49.0 Å². The summed E-state index contributed by atoms with van der Waals surface area (Å²) in [5.41, 5.74) is 4.15. The SMILES string of the molecule is COc1ccc(CN2CCN(c3nc(C(C)C)c(C)cc3C#N)CC2C)cc1. The van der Waals surface area contributed by atoms with Gasteiger partial charge in [0.05, 0.1) is 12.7 Å². The number of aryl methyl sites for hydroxylation is 1. The third-order valence-corrected chi connectivity index (χ3v) is 5.51. The van der Waals surface area contributed by atoms with Crippen molar-refractivity contribution in [3.8, 4) is 11.8 Å². The Hall–Kier alpha value is -2.58. The summed E-state index contributed by atoms with van der Waals surface area (Å²) in [6.45, 7) is 12.2. The zero-order chi connectivity index (χ0) is 20.3. The third-order valence-electron chi connectivity index (χ3n) is 5.51. The van der Waals surface area contributed by atoms with Crippen molar-refractivity contribution in [3.63, 3.8) is 0 Å². The van der Waals surface area contributed by atoms with E-state index in [1.54, 1.807) is 7.11 Å². The molecule has 28 heavy (non-hydrogen) atoms. The maximum atomic E-state index is 9.62. The Morgan fingerprint density at radius 1 is 1.25 bits per heavy atom. The van der Waals surface area contributed by atoms with Gasteiger partial charge in [0.2, 0.25) is 0 Å². The number of piperazine rings is 1. The van der Waals surface area contributed by atoms with Crippen LogP contribution in [0.15, 0.2) is 30.3 Å². The van der Waals surface area contributed by atoms with E-state index in [4.69, 9.17) is 9.72 Å². The van der Waals surface area contributed by atoms with Gasteiger partial charge < -0.3 is 9.64 Å². The van der Waals surface area contributed by atoms with Crippen LogP contribution in [0.25, 0.3) is 0 Å². The van der Waals surface area contributed by atoms with Crippen LogP contribution in [0.4, 0.5) is 5.82 Å². The van der Waals surface area contributed by atoms with Gasteiger partial charge in [-0.05, 0) is 49.1 Å². The van der Waals surface area contributed by atoms with E-state index in [1.165, 1.54) is 5.56 Å². The predicted octanol–water partition coefficient (Wildman–Crippen LogP) is 4.10. The highest BCUT2D eigenvalue weighted by Gasteiger charge is 2.27. The first-order valence-electron chi connectivity index (χ1n) is 9.96. The third kappa shape index (κ3) is 4.28. The van der Waals surface area contributed by atoms with Gasteiger partial charge in [-0.2, -0.15) is 5.26 Å². The van der Waals surface area contributed by atoms with E-state index in [2.05, 4.69) is 48.8 Å². The number of methoxy groups -OCH3 is 1. The molecule has 1 aromatic carbocycles. The van der Waals surface area contributed by atoms with Crippen LogP contribution in [-0.4, -0.2) is 42.7 Å². The number of anilines is 1. The number of aromatic nitrogens is 1. The molecule has 2 aromatic rings. The molecule has 5 nitrogen and oxygen atoms in total. The van der Waals surface area contributed by atoms with Crippen molar-refractivity contribution >= 4 is 5.82 Å². The molecule has 0 bridgehead atoms. The average molecular weight is 379 g/mol. The van der Waals surface area contributed by atoms with Gasteiger partial charge >= 0.3 is 0 Å². The lowest BCUT2D eigenvalue weighted by Crippen LogP contribution is -2.52. The van der Waals surface area contributed by atoms with Gasteiger partial charge in [0, 0.05) is 37.9 Å². The number of benzene rings is 1. The van der Waals surface area contributed by atoms with Crippen LogP contribution in [0.5, 0.6) is 5.75 Å². The maximum Gasteiger partial charge on any atom is 0.146 e. The van der Waals surface area contributed by atoms with Crippen molar-refractivity contribution in [2.45, 2.75) is 46.2 Å². The van der Waals surface area contributed by atoms with Crippen LogP contribution >= 0.6 is 0 Å². The van der Waals surface area contributed by atoms with E-state index < -0.39 is 0 Å². The number of nitriles is 1. The highest BCUT2D eigenvalue weighted by molar-refractivity contribution is 5.56. The molecule has 148 valence electrons. The van der Waals surface area contributed by atoms with Gasteiger partial charge in [-0.15, -0.1) is 0 Å². The second-order valence-electron chi connectivity index (χ2n) is 7.94. The standard InChI is InChI=1S/C23H30N4O/c1-16(2)22-17(3)12-20(13-24)23(25-22)27-11-10-26(18(4)14-27)15-19-6-8-21(28-5)9-7-19/h6-9,12,16,18H,10-11,14-15H2,1-5H3. The number of pyridine rings is 1. The van der Waals surface area contributed by atoms with Crippen molar-refractivity contribution in [1.82, 2.24) is 9.88 Å². The highest BCUT2D eigenvalue weighted by Crippen LogP contribution is 2.27. The number of nitrogens with zero attached hydrogens (tertiary/aromatic N) is 4. The smallest absolute Gasteiger partial charge is 0.146 e. The normalized spacial score (nSPS) is 17.6. The predicted molar refractivity (Wildman–Crippen MR) is 113 cm³/mol. The molecule has 0 radical (unpaired) electrons. The minimum absolute atomic E-state index is 0.347. The van der Waals surface area contributed by atoms with Gasteiger partial charge in [-0.25, -0.2) is 4.98 Å². The zero-order valence-electron chi connectivity index (χ0n) is 17.6. The van der Waals surface area contributed by atoms with E-state index in [1.807, 2.05) is 25.1 Å². The Bertz CT molecular complexity index is 854. The Morgan fingerprint density at radius 3 is 2.54 bits per heavy atom. The quantitative estimate of drug-likeness (QED) is 0.784. The highest BCUT2D eigenvalue weighted by atomic mass is 16.5. The van der Waals surface area contributed by atoms with E-state index in [-0.39, 0.29) is 0 Å². The van der Waals surface area contributed by atoms with Crippen molar-refractivity contribution in [3.05, 3.63) is 52.7 Å². The Morgan fingerprint density at radius 2 is 1.96 bits per heavy atom. The minimum atomic E-state index is 0.347. The van der Waals surface area contributed by atoms with Crippen LogP contribution in [0.2, 0.25) is 0 Å². The van der Waals surface area contributed by atoms with Crippen LogP contribution in [0, 0.1) is 18.3 Å². The molecule has 1 unspecified atom stereocenters. The molecule has 1 aliphatic rings. The second-order valence-corrected chi connectivity index (χ2v) is 7.94. The van der Waals surface area contributed by atoms with Gasteiger partial charge in [0.15, 0.2) is 0 Å². The van der Waals surface area contributed by atoms with E-state index >= 15 is 0 Å². The summed E-state index contributed by atoms with van der Waals surface area (Å²) < 4.78 is 5.25. The van der Waals surface area contributed by atoms with E-state index in [0.29, 0.717) is 17.5 Å². The summed E-state index contributed by atoms with van der Waals surface area (Å²) >= 11 is 0. The Labute approximate surface area is 168 Å². The average Bonchev–Trinajstić information content (AvgIpc) is 2.69. The van der Waals surface area contributed by atoms with Crippen molar-refractivity contribution in [2.24, 2.45) is 0 Å². The summed E-state index contributed by atoms with van der Waals surface area (Å²) in [6.07, 6.45) is 0. The molecular formula is C23H30N4O. The summed E-state index contributed by atoms with van der Waals surface area (Å²) in [6, 6.07) is 13.0. The van der Waals surface area contributed by atoms with Gasteiger partial charge in [0.1, 0.15) is 17.6 Å². The lowest BCUT2D eigenvalue weighted by atomic mass is 10.0. The fourth-order valence-corrected chi connectivity index (χ4v) is 3.91. The first-order valence-corrected chi connectivity index (χ1v) is 9.96. The van der Waals surface area contributed by atoms with Gasteiger partial charge in [-0.1, -0.05) is 26.0 Å². The fourth-order valence-electron chi connectivity index (χ4n) is 3.91. The number of hydrogen-bond acceptors (Lipinski definition) is 5. The molecule has 0 saturated carbocycles. The number of rotatable bonds is 5. The molecule has 0 amide bonds. The molecule has 0 N–H and O–H groups in total. The lowest BCUT2D eigenvalue weighted by molar-refractivity contribution is 0.180. The van der Waals surface area contributed by atoms with Crippen LogP contribution in [-0.2, 0) is 6.54 Å². The maximum absolute atomic E-state index is 9.62. The Balaban J connectivity index is 1.74. The lowest BCUT2D eigenvalue weighted by Gasteiger charge is -2.41. The summed E-state index contributed by atoms with van der Waals surface area (Å²) in [5.74, 6) is 2.07. The Kier molecular flexibility index (Phi) is 6.21. The zero-order valence-corrected chi connectivity index (χ0v) is 17.6. The van der Waals surface area contributed by atoms with Gasteiger partial charge in [0.25, 0.3) is 0 Å². The molecule has 1 saturated heterocycles. The molecule has 5 heteroatoms. The largest absolute Gasteiger partial charge is 0.497 e. The number of hydrogen-bond donors (Lipinski definition) is 0. The van der Waals surface area contributed by atoms with Crippen LogP contribution in [0.1, 0.15) is 49.1 Å². The molecule has 1 fully saturated rings. The molecule has 0 aliphatic carbocycles. The molecule has 1 aromatic heterocycles. The summed E-state index contributed by atoms with van der Waals surface area (Å²) in [7, 11) is 1.69. The van der Waals surface area contributed by atoms with Crippen molar-refractivity contribution < 1.29 is 4.74 Å².